The zero-order valence-corrected chi connectivity index (χ0v) is 18.5. The summed E-state index contributed by atoms with van der Waals surface area (Å²) in [6.45, 7) is 4.25. The van der Waals surface area contributed by atoms with Gasteiger partial charge in [0.15, 0.2) is 0 Å². The quantitative estimate of drug-likeness (QED) is 0.287. The molecule has 0 aliphatic carbocycles. The van der Waals surface area contributed by atoms with Crippen molar-refractivity contribution in [3.05, 3.63) is 70.6 Å². The maximum atomic E-state index is 13.4. The Hall–Kier alpha value is -3.78. The molecule has 0 bridgehead atoms. The first-order valence-electron chi connectivity index (χ1n) is 10.7. The monoisotopic (exact) mass is 447 g/mol. The largest absolute Gasteiger partial charge is 0.488 e. The van der Waals surface area contributed by atoms with Crippen LogP contribution in [-0.4, -0.2) is 42.2 Å². The molecule has 0 atom stereocenters. The van der Waals surface area contributed by atoms with E-state index in [1.807, 2.05) is 19.9 Å². The Morgan fingerprint density at radius 2 is 1.70 bits per heavy atom. The zero-order chi connectivity index (χ0) is 23.6. The molecule has 0 unspecified atom stereocenters. The first-order valence-corrected chi connectivity index (χ1v) is 10.7. The van der Waals surface area contributed by atoms with Crippen molar-refractivity contribution in [2.24, 2.45) is 5.18 Å². The lowest BCUT2D eigenvalue weighted by Crippen LogP contribution is -2.40. The summed E-state index contributed by atoms with van der Waals surface area (Å²) in [5.41, 5.74) is 1.50. The predicted molar refractivity (Wildman–Crippen MR) is 127 cm³/mol. The number of rotatable bonds is 9. The second kappa shape index (κ2) is 8.99. The lowest BCUT2D eigenvalue weighted by molar-refractivity contribution is 0.0763. The highest BCUT2D eigenvalue weighted by Gasteiger charge is 2.34. The number of hydrogen-bond acceptors (Lipinski definition) is 7. The Kier molecular flexibility index (Phi) is 6.11. The van der Waals surface area contributed by atoms with Crippen molar-refractivity contribution in [1.82, 2.24) is 0 Å². The normalized spacial score (nSPS) is 13.4. The van der Waals surface area contributed by atoms with E-state index in [1.165, 1.54) is 4.90 Å². The molecule has 1 aliphatic rings. The third kappa shape index (κ3) is 4.29. The minimum absolute atomic E-state index is 0.0119. The highest BCUT2D eigenvalue weighted by Crippen LogP contribution is 2.36. The maximum absolute atomic E-state index is 13.4. The van der Waals surface area contributed by atoms with Crippen LogP contribution in [0.4, 0.5) is 11.4 Å². The second-order valence-electron chi connectivity index (χ2n) is 8.44. The van der Waals surface area contributed by atoms with Crippen molar-refractivity contribution < 1.29 is 19.4 Å². The van der Waals surface area contributed by atoms with Gasteiger partial charge in [0.2, 0.25) is 0 Å². The number of anilines is 2. The summed E-state index contributed by atoms with van der Waals surface area (Å²) < 4.78 is 5.91. The topological polar surface area (TPSA) is 108 Å². The minimum atomic E-state index is -0.546. The van der Waals surface area contributed by atoms with Crippen LogP contribution in [0.2, 0.25) is 0 Å². The number of carbonyl (C=O) groups is 2. The van der Waals surface area contributed by atoms with Gasteiger partial charge in [-0.2, -0.15) is 4.91 Å². The Balaban J connectivity index is 1.67. The van der Waals surface area contributed by atoms with Gasteiger partial charge in [-0.15, -0.1) is 0 Å². The second-order valence-corrected chi connectivity index (χ2v) is 8.44. The molecule has 2 amide bonds. The van der Waals surface area contributed by atoms with Crippen molar-refractivity contribution in [3.8, 4) is 5.75 Å². The van der Waals surface area contributed by atoms with Gasteiger partial charge in [-0.1, -0.05) is 17.3 Å². The van der Waals surface area contributed by atoms with Crippen molar-refractivity contribution in [3.63, 3.8) is 0 Å². The number of amides is 2. The van der Waals surface area contributed by atoms with E-state index >= 15 is 0 Å². The minimum Gasteiger partial charge on any atom is -0.488 e. The molecule has 8 heteroatoms. The van der Waals surface area contributed by atoms with E-state index in [1.54, 1.807) is 48.5 Å². The van der Waals surface area contributed by atoms with Gasteiger partial charge in [0.25, 0.3) is 11.8 Å². The van der Waals surface area contributed by atoms with Gasteiger partial charge in [-0.05, 0) is 56.3 Å². The first-order chi connectivity index (χ1) is 15.9. The molecule has 0 fully saturated rings. The van der Waals surface area contributed by atoms with E-state index in [4.69, 9.17) is 4.74 Å². The standard InChI is InChI=1S/C25H25N3O5/c1-25(2,12-15-29)33-17-8-6-16(7-9-17)28-23(30)19-5-3-4-18-21(26-13-14-27-32)11-10-20(22(18)19)24(28)31/h3-11,26,29H,12-15H2,1-2H3. The number of nitrogens with one attached hydrogen (secondary N) is 1. The highest BCUT2D eigenvalue weighted by molar-refractivity contribution is 6.36. The maximum Gasteiger partial charge on any atom is 0.265 e. The number of nitroso groups, excluding NO2 is 1. The number of aliphatic hydroxyl groups excluding tert-OH is 1. The van der Waals surface area contributed by atoms with Crippen LogP contribution in [0, 0.1) is 4.91 Å². The highest BCUT2D eigenvalue weighted by atomic mass is 16.5. The predicted octanol–water partition coefficient (Wildman–Crippen LogP) is 4.36. The molecule has 0 spiro atoms. The fourth-order valence-corrected chi connectivity index (χ4v) is 4.02. The van der Waals surface area contributed by atoms with Crippen LogP contribution in [0.3, 0.4) is 0 Å². The molecular weight excluding hydrogens is 422 g/mol. The Morgan fingerprint density at radius 3 is 2.36 bits per heavy atom. The molecule has 33 heavy (non-hydrogen) atoms. The molecule has 1 aliphatic heterocycles. The summed E-state index contributed by atoms with van der Waals surface area (Å²) in [7, 11) is 0. The zero-order valence-electron chi connectivity index (χ0n) is 18.5. The van der Waals surface area contributed by atoms with Crippen LogP contribution in [-0.2, 0) is 0 Å². The van der Waals surface area contributed by atoms with Gasteiger partial charge in [0.1, 0.15) is 11.4 Å². The van der Waals surface area contributed by atoms with E-state index in [0.29, 0.717) is 40.9 Å². The molecule has 0 saturated heterocycles. The summed E-state index contributed by atoms with van der Waals surface area (Å²) in [4.78, 5) is 38.3. The summed E-state index contributed by atoms with van der Waals surface area (Å²) in [6.07, 6.45) is 0.473. The van der Waals surface area contributed by atoms with E-state index < -0.39 is 17.4 Å². The van der Waals surface area contributed by atoms with Crippen molar-refractivity contribution in [2.75, 3.05) is 29.9 Å². The van der Waals surface area contributed by atoms with Crippen molar-refractivity contribution in [1.29, 1.82) is 0 Å². The molecule has 3 aromatic carbocycles. The lowest BCUT2D eigenvalue weighted by Gasteiger charge is -2.29. The number of ether oxygens (including phenoxy) is 1. The molecule has 8 nitrogen and oxygen atoms in total. The van der Waals surface area contributed by atoms with Gasteiger partial charge >= 0.3 is 0 Å². The summed E-state index contributed by atoms with van der Waals surface area (Å²) in [6, 6.07) is 15.6. The SMILES string of the molecule is CC(C)(CCO)Oc1ccc(N2C(=O)c3cccc4c(NCCN=O)ccc(c34)C2=O)cc1. The number of aliphatic hydroxyl groups is 1. The van der Waals surface area contributed by atoms with Crippen LogP contribution >= 0.6 is 0 Å². The van der Waals surface area contributed by atoms with E-state index in [-0.39, 0.29) is 13.2 Å². The van der Waals surface area contributed by atoms with Crippen LogP contribution in [0.1, 0.15) is 41.0 Å². The number of imide groups is 1. The van der Waals surface area contributed by atoms with E-state index in [0.717, 1.165) is 11.1 Å². The molecule has 0 saturated carbocycles. The smallest absolute Gasteiger partial charge is 0.265 e. The molecule has 0 aromatic heterocycles. The molecular formula is C25H25N3O5. The summed E-state index contributed by atoms with van der Waals surface area (Å²) in [5.74, 6) is -0.227. The Bertz CT molecular complexity index is 1200. The summed E-state index contributed by atoms with van der Waals surface area (Å²) >= 11 is 0. The molecule has 1 heterocycles. The fraction of sp³-hybridized carbons (Fsp3) is 0.280. The molecule has 4 rings (SSSR count). The van der Waals surface area contributed by atoms with E-state index in [9.17, 15) is 19.6 Å². The Labute approximate surface area is 191 Å². The van der Waals surface area contributed by atoms with Crippen molar-refractivity contribution in [2.45, 2.75) is 25.9 Å². The van der Waals surface area contributed by atoms with Gasteiger partial charge in [0, 0.05) is 47.2 Å². The van der Waals surface area contributed by atoms with Crippen LogP contribution in [0.25, 0.3) is 10.8 Å². The molecule has 3 aromatic rings. The lowest BCUT2D eigenvalue weighted by atomic mass is 9.92. The number of hydrogen-bond donors (Lipinski definition) is 2. The van der Waals surface area contributed by atoms with Gasteiger partial charge < -0.3 is 15.2 Å². The molecule has 170 valence electrons. The van der Waals surface area contributed by atoms with E-state index in [2.05, 4.69) is 10.5 Å². The molecule has 0 radical (unpaired) electrons. The van der Waals surface area contributed by atoms with Crippen LogP contribution in [0.5, 0.6) is 5.75 Å². The third-order valence-electron chi connectivity index (χ3n) is 5.63. The number of carbonyl (C=O) groups excluding carboxylic acids is 2. The van der Waals surface area contributed by atoms with Gasteiger partial charge in [-0.25, -0.2) is 4.90 Å². The number of nitrogens with zero attached hydrogens (tertiary/aromatic N) is 2. The average molecular weight is 447 g/mol. The number of benzene rings is 3. The average Bonchev–Trinajstić information content (AvgIpc) is 2.79. The van der Waals surface area contributed by atoms with Crippen LogP contribution in [0.15, 0.2) is 59.8 Å². The van der Waals surface area contributed by atoms with Crippen molar-refractivity contribution >= 4 is 34.0 Å². The first kappa shape index (κ1) is 22.4. The van der Waals surface area contributed by atoms with Gasteiger partial charge in [0.05, 0.1) is 12.2 Å². The van der Waals surface area contributed by atoms with Gasteiger partial charge in [-0.3, -0.25) is 9.59 Å². The summed E-state index contributed by atoms with van der Waals surface area (Å²) in [5, 5.41) is 16.5. The fourth-order valence-electron chi connectivity index (χ4n) is 4.02. The van der Waals surface area contributed by atoms with Crippen LogP contribution < -0.4 is 15.0 Å². The Morgan fingerprint density at radius 1 is 1.00 bits per heavy atom. The third-order valence-corrected chi connectivity index (χ3v) is 5.63. The molecule has 2 N–H and O–H groups in total.